The number of unbranched alkanes of at least 4 members (excludes halogenated alkanes) is 1. The fraction of sp³-hybridized carbons (Fsp3) is 0.381. The molecule has 0 bridgehead atoms. The third-order valence-electron chi connectivity index (χ3n) is 5.16. The Kier molecular flexibility index (Phi) is 5.97. The van der Waals surface area contributed by atoms with E-state index in [-0.39, 0.29) is 11.9 Å². The maximum atomic E-state index is 13.2. The largest absolute Gasteiger partial charge is 0.336 e. The summed E-state index contributed by atoms with van der Waals surface area (Å²) in [6, 6.07) is 13.3. The van der Waals surface area contributed by atoms with E-state index < -0.39 is 10.0 Å². The van der Waals surface area contributed by atoms with Gasteiger partial charge in [-0.25, -0.2) is 8.42 Å². The molecule has 0 radical (unpaired) electrons. The zero-order valence-corrected chi connectivity index (χ0v) is 16.5. The summed E-state index contributed by atoms with van der Waals surface area (Å²) in [5, 5.41) is 2.96. The highest BCUT2D eigenvalue weighted by Gasteiger charge is 2.35. The summed E-state index contributed by atoms with van der Waals surface area (Å²) in [6.45, 7) is 6.63. The van der Waals surface area contributed by atoms with Gasteiger partial charge in [-0.1, -0.05) is 62.7 Å². The number of rotatable bonds is 6. The average Bonchev–Trinajstić information content (AvgIpc) is 2.71. The second kappa shape index (κ2) is 8.23. The number of benzene rings is 2. The predicted molar refractivity (Wildman–Crippen MR) is 109 cm³/mol. The first-order chi connectivity index (χ1) is 13.0. The lowest BCUT2D eigenvalue weighted by molar-refractivity contribution is 0.0621. The molecular weight excluding hydrogens is 360 g/mol. The third kappa shape index (κ3) is 4.06. The Morgan fingerprint density at radius 3 is 2.67 bits per heavy atom. The van der Waals surface area contributed by atoms with Crippen LogP contribution in [0.5, 0.6) is 0 Å². The second-order valence-corrected chi connectivity index (χ2v) is 8.73. The van der Waals surface area contributed by atoms with E-state index in [0.29, 0.717) is 25.2 Å². The Labute approximate surface area is 161 Å². The Morgan fingerprint density at radius 2 is 1.93 bits per heavy atom. The van der Waals surface area contributed by atoms with Crippen molar-refractivity contribution in [2.75, 3.05) is 19.6 Å². The van der Waals surface area contributed by atoms with E-state index in [1.165, 1.54) is 4.31 Å². The quantitative estimate of drug-likeness (QED) is 0.762. The highest BCUT2D eigenvalue weighted by Crippen LogP contribution is 2.24. The number of amides is 1. The third-order valence-corrected chi connectivity index (χ3v) is 6.72. The lowest BCUT2D eigenvalue weighted by Crippen LogP contribution is -2.56. The van der Waals surface area contributed by atoms with Crippen molar-refractivity contribution in [2.45, 2.75) is 32.2 Å². The first kappa shape index (κ1) is 19.6. The molecule has 2 aromatic carbocycles. The molecule has 0 N–H and O–H groups in total. The van der Waals surface area contributed by atoms with E-state index >= 15 is 0 Å². The standard InChI is InChI=1S/C21H26N2O3S/c1-3-5-11-18-16-22(14-15-23(18)27(25,26)4-2)21(24)20-13-8-10-17-9-6-7-12-19(17)20/h4,6-10,12-13,18H,2-3,5,11,14-16H2,1H3/t18-/m0/s1. The molecule has 0 aliphatic carbocycles. The van der Waals surface area contributed by atoms with Crippen molar-refractivity contribution >= 4 is 26.7 Å². The topological polar surface area (TPSA) is 57.7 Å². The monoisotopic (exact) mass is 386 g/mol. The number of nitrogens with zero attached hydrogens (tertiary/aromatic N) is 2. The molecule has 1 heterocycles. The van der Waals surface area contributed by atoms with Gasteiger partial charge in [-0.15, -0.1) is 0 Å². The smallest absolute Gasteiger partial charge is 0.254 e. The van der Waals surface area contributed by atoms with Gasteiger partial charge in [0.15, 0.2) is 0 Å². The summed E-state index contributed by atoms with van der Waals surface area (Å²) < 4.78 is 26.2. The Morgan fingerprint density at radius 1 is 1.19 bits per heavy atom. The molecule has 3 rings (SSSR count). The number of hydrogen-bond donors (Lipinski definition) is 0. The van der Waals surface area contributed by atoms with Crippen LogP contribution >= 0.6 is 0 Å². The van der Waals surface area contributed by atoms with Gasteiger partial charge in [0.25, 0.3) is 5.91 Å². The van der Waals surface area contributed by atoms with Crippen LogP contribution < -0.4 is 0 Å². The van der Waals surface area contributed by atoms with Gasteiger partial charge in [-0.05, 0) is 23.3 Å². The summed E-state index contributed by atoms with van der Waals surface area (Å²) in [6.07, 6.45) is 2.64. The highest BCUT2D eigenvalue weighted by molar-refractivity contribution is 7.92. The molecule has 1 aliphatic heterocycles. The van der Waals surface area contributed by atoms with Crippen LogP contribution in [0.15, 0.2) is 54.5 Å². The van der Waals surface area contributed by atoms with E-state index in [1.54, 1.807) is 4.90 Å². The molecule has 1 amide bonds. The van der Waals surface area contributed by atoms with Gasteiger partial charge in [0.2, 0.25) is 10.0 Å². The van der Waals surface area contributed by atoms with Crippen molar-refractivity contribution in [3.63, 3.8) is 0 Å². The van der Waals surface area contributed by atoms with E-state index in [1.807, 2.05) is 42.5 Å². The molecular formula is C21H26N2O3S. The Balaban J connectivity index is 1.87. The van der Waals surface area contributed by atoms with Crippen LogP contribution in [0.1, 0.15) is 36.5 Å². The predicted octanol–water partition coefficient (Wildman–Crippen LogP) is 3.63. The van der Waals surface area contributed by atoms with Crippen molar-refractivity contribution < 1.29 is 13.2 Å². The molecule has 2 aromatic rings. The number of fused-ring (bicyclic) bond motifs is 1. The zero-order chi connectivity index (χ0) is 19.4. The van der Waals surface area contributed by atoms with Crippen molar-refractivity contribution in [2.24, 2.45) is 0 Å². The molecule has 1 fully saturated rings. The van der Waals surface area contributed by atoms with Gasteiger partial charge in [0, 0.05) is 36.6 Å². The van der Waals surface area contributed by atoms with Crippen LogP contribution in [0.25, 0.3) is 10.8 Å². The first-order valence-electron chi connectivity index (χ1n) is 9.39. The van der Waals surface area contributed by atoms with Crippen LogP contribution in [0.3, 0.4) is 0 Å². The van der Waals surface area contributed by atoms with E-state index in [4.69, 9.17) is 0 Å². The van der Waals surface area contributed by atoms with Gasteiger partial charge >= 0.3 is 0 Å². The van der Waals surface area contributed by atoms with Crippen LogP contribution in [0.2, 0.25) is 0 Å². The van der Waals surface area contributed by atoms with Crippen molar-refractivity contribution in [3.8, 4) is 0 Å². The SMILES string of the molecule is C=CS(=O)(=O)N1CCN(C(=O)c2cccc3ccccc23)C[C@@H]1CCCC. The lowest BCUT2D eigenvalue weighted by atomic mass is 10.0. The molecule has 0 spiro atoms. The molecule has 27 heavy (non-hydrogen) atoms. The molecule has 1 aliphatic rings. The molecule has 0 saturated carbocycles. The highest BCUT2D eigenvalue weighted by atomic mass is 32.2. The minimum atomic E-state index is -3.49. The molecule has 144 valence electrons. The lowest BCUT2D eigenvalue weighted by Gasteiger charge is -2.40. The maximum absolute atomic E-state index is 13.2. The summed E-state index contributed by atoms with van der Waals surface area (Å²) in [7, 11) is -3.49. The average molecular weight is 387 g/mol. The summed E-state index contributed by atoms with van der Waals surface area (Å²) in [5.74, 6) is -0.0380. The normalized spacial score (nSPS) is 18.6. The molecule has 0 unspecified atom stereocenters. The summed E-state index contributed by atoms with van der Waals surface area (Å²) in [4.78, 5) is 15.0. The number of hydrogen-bond acceptors (Lipinski definition) is 3. The van der Waals surface area contributed by atoms with Crippen molar-refractivity contribution in [3.05, 3.63) is 60.0 Å². The van der Waals surface area contributed by atoms with Crippen molar-refractivity contribution in [1.82, 2.24) is 9.21 Å². The number of carbonyl (C=O) groups is 1. The molecule has 6 heteroatoms. The van der Waals surface area contributed by atoms with Gasteiger partial charge < -0.3 is 4.90 Å². The zero-order valence-electron chi connectivity index (χ0n) is 15.7. The van der Waals surface area contributed by atoms with Gasteiger partial charge in [-0.3, -0.25) is 4.79 Å². The van der Waals surface area contributed by atoms with E-state index in [2.05, 4.69) is 13.5 Å². The maximum Gasteiger partial charge on any atom is 0.254 e. The van der Waals surface area contributed by atoms with Gasteiger partial charge in [0.05, 0.1) is 0 Å². The molecule has 1 atom stereocenters. The van der Waals surface area contributed by atoms with Crippen molar-refractivity contribution in [1.29, 1.82) is 0 Å². The molecule has 5 nitrogen and oxygen atoms in total. The molecule has 0 aromatic heterocycles. The Hall–Kier alpha value is -2.18. The van der Waals surface area contributed by atoms with Crippen LogP contribution in [-0.2, 0) is 10.0 Å². The summed E-state index contributed by atoms with van der Waals surface area (Å²) in [5.41, 5.74) is 0.669. The van der Waals surface area contributed by atoms with Crippen LogP contribution in [0.4, 0.5) is 0 Å². The first-order valence-corrected chi connectivity index (χ1v) is 10.9. The minimum Gasteiger partial charge on any atom is -0.336 e. The molecule has 1 saturated heterocycles. The van der Waals surface area contributed by atoms with Crippen LogP contribution in [0, 0.1) is 0 Å². The summed E-state index contributed by atoms with van der Waals surface area (Å²) >= 11 is 0. The Bertz CT molecular complexity index is 934. The number of carbonyl (C=O) groups excluding carboxylic acids is 1. The van der Waals surface area contributed by atoms with Gasteiger partial charge in [-0.2, -0.15) is 4.31 Å². The fourth-order valence-corrected chi connectivity index (χ4v) is 4.83. The van der Waals surface area contributed by atoms with E-state index in [0.717, 1.165) is 35.4 Å². The van der Waals surface area contributed by atoms with E-state index in [9.17, 15) is 13.2 Å². The fourth-order valence-electron chi connectivity index (χ4n) is 3.71. The second-order valence-electron chi connectivity index (χ2n) is 6.90. The number of piperazine rings is 1. The van der Waals surface area contributed by atoms with Gasteiger partial charge in [0.1, 0.15) is 0 Å². The van der Waals surface area contributed by atoms with Crippen LogP contribution in [-0.4, -0.2) is 49.2 Å². The number of sulfonamides is 1. The minimum absolute atomic E-state index is 0.0380.